The van der Waals surface area contributed by atoms with Crippen LogP contribution in [0.2, 0.25) is 0 Å². The van der Waals surface area contributed by atoms with Crippen LogP contribution < -0.4 is 16.4 Å². The van der Waals surface area contributed by atoms with Crippen molar-refractivity contribution in [2.24, 2.45) is 0 Å². The number of hydrogen-bond acceptors (Lipinski definition) is 10. The number of aromatic amines is 1. The lowest BCUT2D eigenvalue weighted by molar-refractivity contribution is 0.0706. The van der Waals surface area contributed by atoms with Crippen LogP contribution in [0.25, 0.3) is 48.5 Å². The number of aromatic nitrogens is 7. The number of benzene rings is 3. The van der Waals surface area contributed by atoms with Gasteiger partial charge in [-0.15, -0.1) is 11.3 Å². The van der Waals surface area contributed by atoms with Crippen molar-refractivity contribution >= 4 is 55.3 Å². The first-order valence-corrected chi connectivity index (χ1v) is 14.3. The molecule has 0 spiro atoms. The van der Waals surface area contributed by atoms with Crippen LogP contribution in [-0.4, -0.2) is 52.1 Å². The maximum Gasteiger partial charge on any atom is 0.274 e. The fourth-order valence-electron chi connectivity index (χ4n) is 5.06. The van der Waals surface area contributed by atoms with Crippen molar-refractivity contribution in [3.8, 4) is 16.3 Å². The average Bonchev–Trinajstić information content (AvgIpc) is 3.70. The molecule has 0 aliphatic rings. The summed E-state index contributed by atoms with van der Waals surface area (Å²) in [7, 11) is 0. The molecule has 12 nitrogen and oxygen atoms in total. The van der Waals surface area contributed by atoms with Gasteiger partial charge in [-0.3, -0.25) is 19.4 Å². The van der Waals surface area contributed by atoms with E-state index in [0.29, 0.717) is 69.2 Å². The van der Waals surface area contributed by atoms with Crippen LogP contribution in [0.15, 0.2) is 84.2 Å². The first-order valence-electron chi connectivity index (χ1n) is 13.4. The Labute approximate surface area is 247 Å². The minimum Gasteiger partial charge on any atom is -0.368 e. The van der Waals surface area contributed by atoms with Crippen LogP contribution in [0.3, 0.4) is 0 Å². The molecule has 0 atom stereocenters. The Balaban J connectivity index is 1.27. The number of carbonyl (C=O) groups is 1. The zero-order valence-corrected chi connectivity index (χ0v) is 23.3. The molecule has 4 N–H and O–H groups in total. The van der Waals surface area contributed by atoms with Crippen molar-refractivity contribution in [1.82, 2.24) is 40.0 Å². The van der Waals surface area contributed by atoms with Crippen molar-refractivity contribution in [1.29, 1.82) is 0 Å². The maximum atomic E-state index is 14.3. The van der Waals surface area contributed by atoms with Gasteiger partial charge < -0.3 is 10.3 Å². The third-order valence-electron chi connectivity index (χ3n) is 7.06. The average molecular weight is 590 g/mol. The molecule has 7 rings (SSSR count). The van der Waals surface area contributed by atoms with E-state index in [4.69, 9.17) is 15.2 Å². The highest BCUT2D eigenvalue weighted by atomic mass is 32.1. The molecule has 1 amide bonds. The van der Waals surface area contributed by atoms with Gasteiger partial charge in [-0.2, -0.15) is 0 Å². The van der Waals surface area contributed by atoms with Crippen molar-refractivity contribution in [2.45, 2.75) is 12.8 Å². The lowest BCUT2D eigenvalue weighted by Crippen LogP contribution is -2.25. The molecule has 4 aromatic heterocycles. The number of hydroxylamine groups is 1. The van der Waals surface area contributed by atoms with Crippen LogP contribution >= 0.6 is 11.3 Å². The van der Waals surface area contributed by atoms with Gasteiger partial charge in [0, 0.05) is 24.1 Å². The minimum absolute atomic E-state index is 0.190. The predicted molar refractivity (Wildman–Crippen MR) is 164 cm³/mol. The number of anilines is 1. The van der Waals surface area contributed by atoms with Crippen LogP contribution in [0.1, 0.15) is 22.6 Å². The normalized spacial score (nSPS) is 11.4. The summed E-state index contributed by atoms with van der Waals surface area (Å²) in [5, 5.41) is 13.4. The molecule has 7 aromatic rings. The van der Waals surface area contributed by atoms with Crippen LogP contribution in [0, 0.1) is 0 Å². The second-order valence-electron chi connectivity index (χ2n) is 9.70. The molecule has 0 unspecified atom stereocenters. The Morgan fingerprint density at radius 1 is 0.977 bits per heavy atom. The monoisotopic (exact) mass is 589 g/mol. The number of aryl methyl sites for hydroxylation is 1. The number of thiazole rings is 1. The molecule has 13 heteroatoms. The van der Waals surface area contributed by atoms with Gasteiger partial charge in [0.05, 0.1) is 33.1 Å². The van der Waals surface area contributed by atoms with Crippen molar-refractivity contribution in [2.75, 3.05) is 11.9 Å². The summed E-state index contributed by atoms with van der Waals surface area (Å²) in [6.45, 7) is 0.593. The molecular formula is C30H23N9O3S. The van der Waals surface area contributed by atoms with Gasteiger partial charge in [-0.05, 0) is 42.8 Å². The predicted octanol–water partition coefficient (Wildman–Crippen LogP) is 4.49. The molecule has 0 aliphatic heterocycles. The summed E-state index contributed by atoms with van der Waals surface area (Å²) in [5.74, 6) is 0.700. The SMILES string of the molecule is O=C(NO)c1ccc2nc(-c3cccc4nc(CCCNc5ncnc6nc[nH]c56)n(-c5ccccc5)c(=O)c34)sc2c1. The molecule has 0 bridgehead atoms. The van der Waals surface area contributed by atoms with E-state index in [1.165, 1.54) is 17.7 Å². The second-order valence-corrected chi connectivity index (χ2v) is 10.7. The van der Waals surface area contributed by atoms with E-state index in [1.807, 2.05) is 48.5 Å². The molecule has 212 valence electrons. The van der Waals surface area contributed by atoms with Gasteiger partial charge in [0.15, 0.2) is 11.5 Å². The lowest BCUT2D eigenvalue weighted by atomic mass is 10.1. The number of rotatable bonds is 8. The summed E-state index contributed by atoms with van der Waals surface area (Å²) >= 11 is 1.36. The van der Waals surface area contributed by atoms with Gasteiger partial charge in [0.2, 0.25) is 0 Å². The molecular weight excluding hydrogens is 566 g/mol. The zero-order chi connectivity index (χ0) is 29.3. The van der Waals surface area contributed by atoms with Gasteiger partial charge >= 0.3 is 0 Å². The topological polar surface area (TPSA) is 164 Å². The lowest BCUT2D eigenvalue weighted by Gasteiger charge is -2.15. The van der Waals surface area contributed by atoms with Gasteiger partial charge in [0.25, 0.3) is 11.5 Å². The van der Waals surface area contributed by atoms with E-state index in [9.17, 15) is 9.59 Å². The van der Waals surface area contributed by atoms with Crippen molar-refractivity contribution in [3.05, 3.63) is 101 Å². The highest BCUT2D eigenvalue weighted by molar-refractivity contribution is 7.21. The Morgan fingerprint density at radius 3 is 2.72 bits per heavy atom. The standard InChI is InChI=1S/C30H23N9O3S/c40-28(38-42)17-11-12-20-22(14-17)43-29(37-20)19-8-4-9-21-24(19)30(41)39(18-6-2-1-3-7-18)23(36-21)10-5-13-31-26-25-27(33-15-32-25)35-16-34-26/h1-4,6-9,11-12,14-16,42H,5,10,13H2,(H,38,40)(H2,31,32,33,34,35). The van der Waals surface area contributed by atoms with Gasteiger partial charge in [-0.25, -0.2) is 30.4 Å². The van der Waals surface area contributed by atoms with Crippen molar-refractivity contribution in [3.63, 3.8) is 0 Å². The first-order chi connectivity index (χ1) is 21.1. The van der Waals surface area contributed by atoms with Crippen molar-refractivity contribution < 1.29 is 10.0 Å². The summed E-state index contributed by atoms with van der Waals surface area (Å²) in [6, 6.07) is 20.0. The van der Waals surface area contributed by atoms with E-state index in [0.717, 1.165) is 15.9 Å². The number of nitrogens with zero attached hydrogens (tertiary/aromatic N) is 6. The highest BCUT2D eigenvalue weighted by Gasteiger charge is 2.19. The molecule has 0 aliphatic carbocycles. The number of hydrogen-bond donors (Lipinski definition) is 4. The maximum absolute atomic E-state index is 14.3. The summed E-state index contributed by atoms with van der Waals surface area (Å²) in [5.41, 5.74) is 5.74. The van der Waals surface area contributed by atoms with Gasteiger partial charge in [-0.1, -0.05) is 30.3 Å². The number of H-pyrrole nitrogens is 1. The molecule has 0 radical (unpaired) electrons. The van der Waals surface area contributed by atoms with Gasteiger partial charge in [0.1, 0.15) is 22.7 Å². The molecule has 0 saturated heterocycles. The Bertz CT molecular complexity index is 2190. The Kier molecular flexibility index (Phi) is 6.77. The molecule has 3 aromatic carbocycles. The Hall–Kier alpha value is -5.53. The minimum atomic E-state index is -0.605. The number of nitrogens with one attached hydrogen (secondary N) is 3. The Morgan fingerprint density at radius 2 is 1.86 bits per heavy atom. The molecule has 43 heavy (non-hydrogen) atoms. The fraction of sp³-hybridized carbons (Fsp3) is 0.100. The van der Waals surface area contributed by atoms with E-state index < -0.39 is 5.91 Å². The van der Waals surface area contributed by atoms with Crippen LogP contribution in [0.5, 0.6) is 0 Å². The first kappa shape index (κ1) is 26.4. The largest absolute Gasteiger partial charge is 0.368 e. The van der Waals surface area contributed by atoms with Crippen LogP contribution in [-0.2, 0) is 6.42 Å². The molecule has 0 fully saturated rings. The van der Waals surface area contributed by atoms with E-state index >= 15 is 0 Å². The second kappa shape index (κ2) is 11.0. The number of para-hydroxylation sites is 1. The zero-order valence-electron chi connectivity index (χ0n) is 22.5. The number of fused-ring (bicyclic) bond motifs is 3. The fourth-order valence-corrected chi connectivity index (χ4v) is 6.10. The third kappa shape index (κ3) is 4.86. The van der Waals surface area contributed by atoms with Crippen LogP contribution in [0.4, 0.5) is 5.82 Å². The molecule has 0 saturated carbocycles. The quantitative estimate of drug-likeness (QED) is 0.114. The highest BCUT2D eigenvalue weighted by Crippen LogP contribution is 2.34. The van der Waals surface area contributed by atoms with E-state index in [-0.39, 0.29) is 5.56 Å². The number of imidazole rings is 1. The summed E-state index contributed by atoms with van der Waals surface area (Å²) < 4.78 is 2.42. The third-order valence-corrected chi connectivity index (χ3v) is 8.11. The smallest absolute Gasteiger partial charge is 0.274 e. The molecule has 4 heterocycles. The summed E-state index contributed by atoms with van der Waals surface area (Å²) in [4.78, 5) is 51.6. The number of amides is 1. The number of carbonyl (C=O) groups excluding carboxylic acids is 1. The van der Waals surface area contributed by atoms with E-state index in [1.54, 1.807) is 34.6 Å². The van der Waals surface area contributed by atoms with E-state index in [2.05, 4.69) is 25.3 Å². The summed E-state index contributed by atoms with van der Waals surface area (Å²) in [6.07, 6.45) is 4.27.